The number of furan rings is 1. The first-order valence-corrected chi connectivity index (χ1v) is 10.9. The SMILES string of the molecule is CCN(CC)c1ccc(NC2=C(c3ccc([N+](=O)[O-])cc3)C(=O)N(Cc3ccco3)C2=O)cc1. The topological polar surface area (TPSA) is 109 Å². The molecule has 2 heterocycles. The first kappa shape index (κ1) is 22.8. The minimum atomic E-state index is -0.514. The van der Waals surface area contributed by atoms with Crippen LogP contribution in [0.3, 0.4) is 0 Å². The predicted molar refractivity (Wildman–Crippen MR) is 128 cm³/mol. The average Bonchev–Trinajstić information content (AvgIpc) is 3.44. The first-order chi connectivity index (χ1) is 16.4. The molecule has 0 atom stereocenters. The number of nitro benzene ring substituents is 1. The van der Waals surface area contributed by atoms with E-state index in [1.54, 1.807) is 12.1 Å². The molecule has 1 aliphatic heterocycles. The number of nitrogens with zero attached hydrogens (tertiary/aromatic N) is 3. The lowest BCUT2D eigenvalue weighted by atomic mass is 10.0. The fourth-order valence-corrected chi connectivity index (χ4v) is 3.90. The van der Waals surface area contributed by atoms with Crippen LogP contribution in [0.25, 0.3) is 5.57 Å². The molecule has 174 valence electrons. The van der Waals surface area contributed by atoms with Crippen molar-refractivity contribution >= 4 is 34.4 Å². The molecule has 0 aliphatic carbocycles. The maximum absolute atomic E-state index is 13.3. The van der Waals surface area contributed by atoms with Crippen LogP contribution in [0.2, 0.25) is 0 Å². The largest absolute Gasteiger partial charge is 0.467 e. The molecule has 3 aromatic rings. The Morgan fingerprint density at radius 1 is 0.971 bits per heavy atom. The Morgan fingerprint density at radius 3 is 2.21 bits per heavy atom. The minimum Gasteiger partial charge on any atom is -0.467 e. The lowest BCUT2D eigenvalue weighted by Crippen LogP contribution is -2.31. The summed E-state index contributed by atoms with van der Waals surface area (Å²) in [5, 5.41) is 14.1. The second kappa shape index (κ2) is 9.62. The van der Waals surface area contributed by atoms with Gasteiger partial charge in [0.1, 0.15) is 11.5 Å². The van der Waals surface area contributed by atoms with Crippen molar-refractivity contribution < 1.29 is 18.9 Å². The maximum Gasteiger partial charge on any atom is 0.278 e. The lowest BCUT2D eigenvalue weighted by Gasteiger charge is -2.21. The molecule has 0 radical (unpaired) electrons. The number of carbonyl (C=O) groups excluding carboxylic acids is 2. The molecule has 4 rings (SSSR count). The highest BCUT2D eigenvalue weighted by Gasteiger charge is 2.39. The number of imide groups is 1. The molecule has 1 aliphatic rings. The summed E-state index contributed by atoms with van der Waals surface area (Å²) < 4.78 is 5.32. The zero-order valence-corrected chi connectivity index (χ0v) is 18.9. The number of benzene rings is 2. The Hall–Kier alpha value is -4.40. The third-order valence-corrected chi connectivity index (χ3v) is 5.69. The molecule has 0 fully saturated rings. The zero-order chi connectivity index (χ0) is 24.2. The second-order valence-corrected chi connectivity index (χ2v) is 7.67. The van der Waals surface area contributed by atoms with Gasteiger partial charge in [-0.3, -0.25) is 24.6 Å². The molecule has 0 spiro atoms. The van der Waals surface area contributed by atoms with Crippen LogP contribution in [0, 0.1) is 10.1 Å². The summed E-state index contributed by atoms with van der Waals surface area (Å²) >= 11 is 0. The van der Waals surface area contributed by atoms with Gasteiger partial charge < -0.3 is 14.6 Å². The monoisotopic (exact) mass is 460 g/mol. The van der Waals surface area contributed by atoms with Gasteiger partial charge >= 0.3 is 0 Å². The van der Waals surface area contributed by atoms with E-state index < -0.39 is 16.7 Å². The summed E-state index contributed by atoms with van der Waals surface area (Å²) in [6.07, 6.45) is 1.47. The van der Waals surface area contributed by atoms with Gasteiger partial charge in [0.15, 0.2) is 0 Å². The quantitative estimate of drug-likeness (QED) is 0.286. The number of nitrogens with one attached hydrogen (secondary N) is 1. The van der Waals surface area contributed by atoms with Gasteiger partial charge in [0.05, 0.1) is 23.3 Å². The van der Waals surface area contributed by atoms with Crippen molar-refractivity contribution in [3.05, 3.63) is 94.1 Å². The third-order valence-electron chi connectivity index (χ3n) is 5.69. The molecule has 9 heteroatoms. The summed E-state index contributed by atoms with van der Waals surface area (Å²) in [6.45, 7) is 5.87. The summed E-state index contributed by atoms with van der Waals surface area (Å²) in [5.74, 6) is -0.533. The van der Waals surface area contributed by atoms with Crippen molar-refractivity contribution in [3.8, 4) is 0 Å². The molecule has 1 aromatic heterocycles. The Kier molecular flexibility index (Phi) is 6.44. The van der Waals surface area contributed by atoms with Crippen LogP contribution in [-0.2, 0) is 16.1 Å². The Balaban J connectivity index is 1.70. The number of nitro groups is 1. The van der Waals surface area contributed by atoms with Crippen molar-refractivity contribution in [1.82, 2.24) is 4.90 Å². The molecule has 0 unspecified atom stereocenters. The van der Waals surface area contributed by atoms with Crippen LogP contribution in [0.15, 0.2) is 77.0 Å². The van der Waals surface area contributed by atoms with Gasteiger partial charge in [-0.05, 0) is 67.9 Å². The van der Waals surface area contributed by atoms with E-state index in [4.69, 9.17) is 4.42 Å². The highest BCUT2D eigenvalue weighted by Crippen LogP contribution is 2.32. The summed E-state index contributed by atoms with van der Waals surface area (Å²) in [6, 6.07) is 16.5. The van der Waals surface area contributed by atoms with Gasteiger partial charge in [-0.1, -0.05) is 0 Å². The van der Waals surface area contributed by atoms with Crippen LogP contribution in [0.5, 0.6) is 0 Å². The normalized spacial score (nSPS) is 13.5. The zero-order valence-electron chi connectivity index (χ0n) is 18.9. The van der Waals surface area contributed by atoms with Crippen LogP contribution in [0.1, 0.15) is 25.2 Å². The Morgan fingerprint density at radius 2 is 1.65 bits per heavy atom. The first-order valence-electron chi connectivity index (χ1n) is 10.9. The van der Waals surface area contributed by atoms with Gasteiger partial charge in [-0.2, -0.15) is 0 Å². The van der Waals surface area contributed by atoms with Crippen LogP contribution in [-0.4, -0.2) is 34.7 Å². The average molecular weight is 460 g/mol. The lowest BCUT2D eigenvalue weighted by molar-refractivity contribution is -0.384. The van der Waals surface area contributed by atoms with E-state index in [1.807, 2.05) is 24.3 Å². The number of non-ortho nitro benzene ring substituents is 1. The van der Waals surface area contributed by atoms with Crippen molar-refractivity contribution in [2.45, 2.75) is 20.4 Å². The van der Waals surface area contributed by atoms with Gasteiger partial charge in [-0.25, -0.2) is 0 Å². The van der Waals surface area contributed by atoms with E-state index in [0.29, 0.717) is 17.0 Å². The third kappa shape index (κ3) is 4.40. The van der Waals surface area contributed by atoms with Gasteiger partial charge in [-0.15, -0.1) is 0 Å². The predicted octanol–water partition coefficient (Wildman–Crippen LogP) is 4.43. The van der Waals surface area contributed by atoms with Crippen molar-refractivity contribution in [3.63, 3.8) is 0 Å². The van der Waals surface area contributed by atoms with E-state index >= 15 is 0 Å². The van der Waals surface area contributed by atoms with Crippen LogP contribution in [0.4, 0.5) is 17.1 Å². The molecular weight excluding hydrogens is 436 g/mol. The van der Waals surface area contributed by atoms with Crippen LogP contribution < -0.4 is 10.2 Å². The summed E-state index contributed by atoms with van der Waals surface area (Å²) in [7, 11) is 0. The summed E-state index contributed by atoms with van der Waals surface area (Å²) in [5.41, 5.74) is 2.27. The van der Waals surface area contributed by atoms with E-state index in [1.165, 1.54) is 30.5 Å². The van der Waals surface area contributed by atoms with E-state index in [0.717, 1.165) is 23.7 Å². The molecule has 9 nitrogen and oxygen atoms in total. The van der Waals surface area contributed by atoms with E-state index in [-0.39, 0.29) is 23.5 Å². The molecule has 2 amide bonds. The molecule has 1 N–H and O–H groups in total. The van der Waals surface area contributed by atoms with Gasteiger partial charge in [0, 0.05) is 36.6 Å². The second-order valence-electron chi connectivity index (χ2n) is 7.67. The number of rotatable bonds is 9. The molecule has 0 bridgehead atoms. The molecule has 0 saturated carbocycles. The molecule has 34 heavy (non-hydrogen) atoms. The van der Waals surface area contributed by atoms with Crippen molar-refractivity contribution in [2.24, 2.45) is 0 Å². The number of hydrogen-bond donors (Lipinski definition) is 1. The molecule has 0 saturated heterocycles. The maximum atomic E-state index is 13.3. The Labute approximate surface area is 196 Å². The number of anilines is 2. The fraction of sp³-hybridized carbons (Fsp3) is 0.200. The number of amides is 2. The summed E-state index contributed by atoms with van der Waals surface area (Å²) in [4.78, 5) is 40.4. The minimum absolute atomic E-state index is 0.0206. The molecular formula is C25H24N4O5. The highest BCUT2D eigenvalue weighted by molar-refractivity contribution is 6.36. The van der Waals surface area contributed by atoms with E-state index in [2.05, 4.69) is 24.1 Å². The number of hydrogen-bond acceptors (Lipinski definition) is 7. The smallest absolute Gasteiger partial charge is 0.278 e. The number of carbonyl (C=O) groups is 2. The fourth-order valence-electron chi connectivity index (χ4n) is 3.90. The molecule has 2 aromatic carbocycles. The van der Waals surface area contributed by atoms with Crippen molar-refractivity contribution in [1.29, 1.82) is 0 Å². The highest BCUT2D eigenvalue weighted by atomic mass is 16.6. The van der Waals surface area contributed by atoms with E-state index in [9.17, 15) is 19.7 Å². The van der Waals surface area contributed by atoms with Gasteiger partial charge in [0.2, 0.25) is 0 Å². The van der Waals surface area contributed by atoms with Crippen LogP contribution >= 0.6 is 0 Å². The Bertz CT molecular complexity index is 1230. The van der Waals surface area contributed by atoms with Gasteiger partial charge in [0.25, 0.3) is 17.5 Å². The standard InChI is InChI=1S/C25H24N4O5/c1-3-27(4-2)19-13-9-18(10-14-19)26-23-22(17-7-11-20(12-8-17)29(32)33)24(30)28(25(23)31)16-21-6-5-15-34-21/h5-15,26H,3-4,16H2,1-2H3. The van der Waals surface area contributed by atoms with Crippen molar-refractivity contribution in [2.75, 3.05) is 23.3 Å².